The van der Waals surface area contributed by atoms with Gasteiger partial charge in [0, 0.05) is 13.1 Å². The molecule has 1 amide bonds. The Labute approximate surface area is 120 Å². The van der Waals surface area contributed by atoms with E-state index >= 15 is 0 Å². The van der Waals surface area contributed by atoms with Gasteiger partial charge < -0.3 is 28.6 Å². The van der Waals surface area contributed by atoms with Crippen LogP contribution in [0.5, 0.6) is 0 Å². The molecular weight excluding hydrogens is 266 g/mol. The van der Waals surface area contributed by atoms with Crippen molar-refractivity contribution in [2.75, 3.05) is 72.6 Å². The number of hydrogen-bond donors (Lipinski definition) is 0. The van der Waals surface area contributed by atoms with E-state index in [1.165, 1.54) is 0 Å². The van der Waals surface area contributed by atoms with Crippen LogP contribution in [0.25, 0.3) is 0 Å². The second-order valence-electron chi connectivity index (χ2n) is 4.14. The Morgan fingerprint density at radius 1 is 0.850 bits per heavy atom. The average molecular weight is 291 g/mol. The Kier molecular flexibility index (Phi) is 10.2. The summed E-state index contributed by atoms with van der Waals surface area (Å²) in [6.45, 7) is 7.20. The van der Waals surface area contributed by atoms with Crippen molar-refractivity contribution in [2.45, 2.75) is 6.92 Å². The first kappa shape index (κ1) is 17.2. The highest BCUT2D eigenvalue weighted by Crippen LogP contribution is 1.96. The zero-order valence-electron chi connectivity index (χ0n) is 12.2. The molecule has 0 spiro atoms. The molecule has 0 aliphatic carbocycles. The molecule has 20 heavy (non-hydrogen) atoms. The predicted molar refractivity (Wildman–Crippen MR) is 71.9 cm³/mol. The van der Waals surface area contributed by atoms with Crippen molar-refractivity contribution in [3.63, 3.8) is 0 Å². The lowest BCUT2D eigenvalue weighted by Gasteiger charge is -2.21. The molecule has 1 aliphatic heterocycles. The molecule has 7 nitrogen and oxygen atoms in total. The van der Waals surface area contributed by atoms with Crippen LogP contribution in [-0.2, 0) is 23.7 Å². The summed E-state index contributed by atoms with van der Waals surface area (Å²) in [4.78, 5) is 13.3. The fourth-order valence-corrected chi connectivity index (χ4v) is 1.62. The van der Waals surface area contributed by atoms with Gasteiger partial charge >= 0.3 is 6.09 Å². The standard InChI is InChI=1S/C13H25NO6/c1-2-20-13(15)14-3-5-16-7-9-18-11-12-19-10-8-17-6-4-14/h2-12H2,1H3. The molecule has 0 radical (unpaired) electrons. The van der Waals surface area contributed by atoms with Crippen molar-refractivity contribution < 1.29 is 28.5 Å². The molecule has 1 heterocycles. The Hall–Kier alpha value is -0.890. The van der Waals surface area contributed by atoms with Crippen LogP contribution >= 0.6 is 0 Å². The van der Waals surface area contributed by atoms with Gasteiger partial charge in [0.25, 0.3) is 0 Å². The van der Waals surface area contributed by atoms with Gasteiger partial charge in [-0.25, -0.2) is 4.79 Å². The van der Waals surface area contributed by atoms with Gasteiger partial charge in [0.15, 0.2) is 0 Å². The largest absolute Gasteiger partial charge is 0.450 e. The van der Waals surface area contributed by atoms with Crippen LogP contribution in [0.4, 0.5) is 4.79 Å². The number of ether oxygens (including phenoxy) is 5. The number of amides is 1. The van der Waals surface area contributed by atoms with Crippen molar-refractivity contribution in [1.82, 2.24) is 4.90 Å². The van der Waals surface area contributed by atoms with E-state index in [1.807, 2.05) is 0 Å². The number of carbonyl (C=O) groups is 1. The van der Waals surface area contributed by atoms with E-state index < -0.39 is 0 Å². The summed E-state index contributed by atoms with van der Waals surface area (Å²) in [5, 5.41) is 0. The second kappa shape index (κ2) is 11.9. The fraction of sp³-hybridized carbons (Fsp3) is 0.923. The molecule has 0 aromatic rings. The first-order valence-electron chi connectivity index (χ1n) is 7.07. The second-order valence-corrected chi connectivity index (χ2v) is 4.14. The molecule has 0 unspecified atom stereocenters. The first-order valence-corrected chi connectivity index (χ1v) is 7.07. The van der Waals surface area contributed by atoms with Crippen LogP contribution in [0.2, 0.25) is 0 Å². The molecule has 0 aromatic heterocycles. The van der Waals surface area contributed by atoms with Gasteiger partial charge in [0.2, 0.25) is 0 Å². The van der Waals surface area contributed by atoms with Crippen molar-refractivity contribution in [1.29, 1.82) is 0 Å². The van der Waals surface area contributed by atoms with Gasteiger partial charge in [0.1, 0.15) is 0 Å². The highest BCUT2D eigenvalue weighted by Gasteiger charge is 2.14. The van der Waals surface area contributed by atoms with Gasteiger partial charge in [-0.1, -0.05) is 0 Å². The maximum absolute atomic E-state index is 11.7. The normalized spacial score (nSPS) is 20.8. The van der Waals surface area contributed by atoms with Crippen LogP contribution in [0, 0.1) is 0 Å². The minimum absolute atomic E-state index is 0.337. The van der Waals surface area contributed by atoms with E-state index in [9.17, 15) is 4.79 Å². The van der Waals surface area contributed by atoms with Crippen molar-refractivity contribution in [3.8, 4) is 0 Å². The predicted octanol–water partition coefficient (Wildman–Crippen LogP) is 0.525. The van der Waals surface area contributed by atoms with E-state index in [2.05, 4.69) is 0 Å². The molecule has 1 aliphatic rings. The Morgan fingerprint density at radius 2 is 1.25 bits per heavy atom. The number of hydrogen-bond acceptors (Lipinski definition) is 6. The van der Waals surface area contributed by atoms with E-state index in [1.54, 1.807) is 11.8 Å². The molecule has 118 valence electrons. The lowest BCUT2D eigenvalue weighted by atomic mass is 10.5. The van der Waals surface area contributed by atoms with Crippen LogP contribution < -0.4 is 0 Å². The SMILES string of the molecule is CCOC(=O)N1CCOCCOCCOCCOCC1. The van der Waals surface area contributed by atoms with Crippen LogP contribution in [-0.4, -0.2) is 83.5 Å². The van der Waals surface area contributed by atoms with E-state index in [0.29, 0.717) is 72.6 Å². The number of carbonyl (C=O) groups excluding carboxylic acids is 1. The maximum Gasteiger partial charge on any atom is 0.409 e. The maximum atomic E-state index is 11.7. The van der Waals surface area contributed by atoms with Crippen LogP contribution in [0.1, 0.15) is 6.92 Å². The number of rotatable bonds is 1. The minimum Gasteiger partial charge on any atom is -0.450 e. The van der Waals surface area contributed by atoms with Crippen LogP contribution in [0.3, 0.4) is 0 Å². The molecule has 1 rings (SSSR count). The Morgan fingerprint density at radius 3 is 1.65 bits per heavy atom. The summed E-state index contributed by atoms with van der Waals surface area (Å²) in [6.07, 6.45) is -0.337. The quantitative estimate of drug-likeness (QED) is 0.702. The van der Waals surface area contributed by atoms with Gasteiger partial charge in [-0.05, 0) is 6.92 Å². The van der Waals surface area contributed by atoms with Crippen molar-refractivity contribution in [3.05, 3.63) is 0 Å². The summed E-state index contributed by atoms with van der Waals surface area (Å²) in [5.74, 6) is 0. The van der Waals surface area contributed by atoms with Gasteiger partial charge in [-0.2, -0.15) is 0 Å². The molecule has 0 aromatic carbocycles. The van der Waals surface area contributed by atoms with Crippen LogP contribution in [0.15, 0.2) is 0 Å². The Bertz CT molecular complexity index is 235. The van der Waals surface area contributed by atoms with Gasteiger partial charge in [-0.3, -0.25) is 0 Å². The summed E-state index contributed by atoms with van der Waals surface area (Å²) >= 11 is 0. The topological polar surface area (TPSA) is 66.5 Å². The molecule has 1 saturated heterocycles. The summed E-state index contributed by atoms with van der Waals surface area (Å²) in [6, 6.07) is 0. The molecule has 7 heteroatoms. The summed E-state index contributed by atoms with van der Waals surface area (Å²) < 4.78 is 26.5. The molecule has 1 fully saturated rings. The molecule has 0 saturated carbocycles. The van der Waals surface area contributed by atoms with Crippen molar-refractivity contribution in [2.24, 2.45) is 0 Å². The van der Waals surface area contributed by atoms with E-state index in [4.69, 9.17) is 23.7 Å². The van der Waals surface area contributed by atoms with Crippen molar-refractivity contribution >= 4 is 6.09 Å². The molecule has 0 N–H and O–H groups in total. The van der Waals surface area contributed by atoms with Gasteiger partial charge in [-0.15, -0.1) is 0 Å². The minimum atomic E-state index is -0.337. The average Bonchev–Trinajstić information content (AvgIpc) is 2.45. The third-order valence-corrected chi connectivity index (χ3v) is 2.65. The Balaban J connectivity index is 2.33. The fourth-order valence-electron chi connectivity index (χ4n) is 1.62. The highest BCUT2D eigenvalue weighted by molar-refractivity contribution is 5.67. The molecule has 0 atom stereocenters. The zero-order valence-corrected chi connectivity index (χ0v) is 12.2. The number of nitrogens with zero attached hydrogens (tertiary/aromatic N) is 1. The van der Waals surface area contributed by atoms with E-state index in [-0.39, 0.29) is 6.09 Å². The third-order valence-electron chi connectivity index (χ3n) is 2.65. The first-order chi connectivity index (χ1) is 9.84. The highest BCUT2D eigenvalue weighted by atomic mass is 16.6. The molecular formula is C13H25NO6. The smallest absolute Gasteiger partial charge is 0.409 e. The lowest BCUT2D eigenvalue weighted by Crippen LogP contribution is -2.37. The lowest BCUT2D eigenvalue weighted by molar-refractivity contribution is 0.00206. The summed E-state index contributed by atoms with van der Waals surface area (Å²) in [5.41, 5.74) is 0. The van der Waals surface area contributed by atoms with Gasteiger partial charge in [0.05, 0.1) is 59.5 Å². The zero-order chi connectivity index (χ0) is 14.5. The monoisotopic (exact) mass is 291 g/mol. The molecule has 0 bridgehead atoms. The summed E-state index contributed by atoms with van der Waals surface area (Å²) in [7, 11) is 0. The third kappa shape index (κ3) is 8.31. The van der Waals surface area contributed by atoms with E-state index in [0.717, 1.165) is 0 Å².